The molecule has 2 aromatic carbocycles. The Balaban J connectivity index is 2.09. The summed E-state index contributed by atoms with van der Waals surface area (Å²) in [4.78, 5) is 0. The third kappa shape index (κ3) is 3.48. The highest BCUT2D eigenvalue weighted by Gasteiger charge is 2.05. The number of rotatable bonds is 6. The molecule has 106 valence electrons. The summed E-state index contributed by atoms with van der Waals surface area (Å²) in [6.07, 6.45) is 0. The van der Waals surface area contributed by atoms with E-state index in [0.29, 0.717) is 24.5 Å². The third-order valence-corrected chi connectivity index (χ3v) is 3.05. The standard InChI is InChI=1S/C16H18FNO2/c1-19-11-13-5-3-4-6-16(13)18-10-12-7-8-14(20-2)9-15(12)17/h3-9,18H,10-11H2,1-2H3. The van der Waals surface area contributed by atoms with E-state index in [1.807, 2.05) is 24.3 Å². The molecule has 0 aliphatic heterocycles. The molecule has 2 rings (SSSR count). The summed E-state index contributed by atoms with van der Waals surface area (Å²) in [6, 6.07) is 12.7. The average molecular weight is 275 g/mol. The second-order valence-electron chi connectivity index (χ2n) is 4.40. The van der Waals surface area contributed by atoms with Crippen molar-refractivity contribution < 1.29 is 13.9 Å². The number of hydrogen-bond acceptors (Lipinski definition) is 3. The summed E-state index contributed by atoms with van der Waals surface area (Å²) in [6.45, 7) is 0.935. The molecule has 3 nitrogen and oxygen atoms in total. The van der Waals surface area contributed by atoms with Gasteiger partial charge >= 0.3 is 0 Å². The van der Waals surface area contributed by atoms with Gasteiger partial charge in [0, 0.05) is 36.5 Å². The lowest BCUT2D eigenvalue weighted by molar-refractivity contribution is 0.185. The van der Waals surface area contributed by atoms with Gasteiger partial charge in [-0.25, -0.2) is 4.39 Å². The molecule has 0 saturated heterocycles. The van der Waals surface area contributed by atoms with Gasteiger partial charge in [-0.05, 0) is 12.1 Å². The van der Waals surface area contributed by atoms with Crippen LogP contribution in [0.1, 0.15) is 11.1 Å². The molecule has 2 aromatic rings. The summed E-state index contributed by atoms with van der Waals surface area (Å²) >= 11 is 0. The Morgan fingerprint density at radius 1 is 1.05 bits per heavy atom. The van der Waals surface area contributed by atoms with E-state index in [4.69, 9.17) is 9.47 Å². The van der Waals surface area contributed by atoms with Crippen LogP contribution in [0.2, 0.25) is 0 Å². The van der Waals surface area contributed by atoms with Crippen molar-refractivity contribution in [3.63, 3.8) is 0 Å². The minimum atomic E-state index is -0.277. The van der Waals surface area contributed by atoms with Crippen LogP contribution in [0.25, 0.3) is 0 Å². The SMILES string of the molecule is COCc1ccccc1NCc1ccc(OC)cc1F. The summed E-state index contributed by atoms with van der Waals surface area (Å²) in [5, 5.41) is 3.23. The highest BCUT2D eigenvalue weighted by atomic mass is 19.1. The number of hydrogen-bond donors (Lipinski definition) is 1. The third-order valence-electron chi connectivity index (χ3n) is 3.05. The molecule has 0 fully saturated rings. The fourth-order valence-electron chi connectivity index (χ4n) is 1.96. The fraction of sp³-hybridized carbons (Fsp3) is 0.250. The van der Waals surface area contributed by atoms with Gasteiger partial charge in [0.15, 0.2) is 0 Å². The van der Waals surface area contributed by atoms with E-state index in [1.165, 1.54) is 13.2 Å². The first-order valence-electron chi connectivity index (χ1n) is 6.37. The van der Waals surface area contributed by atoms with Gasteiger partial charge in [-0.1, -0.05) is 24.3 Å². The van der Waals surface area contributed by atoms with Crippen LogP contribution in [0.4, 0.5) is 10.1 Å². The first kappa shape index (κ1) is 14.3. The Bertz CT molecular complexity index is 572. The predicted octanol–water partition coefficient (Wildman–Crippen LogP) is 3.59. The molecule has 0 spiro atoms. The number of benzene rings is 2. The normalized spacial score (nSPS) is 10.3. The van der Waals surface area contributed by atoms with Crippen LogP contribution in [-0.4, -0.2) is 14.2 Å². The maximum absolute atomic E-state index is 13.8. The second kappa shape index (κ2) is 6.91. The maximum atomic E-state index is 13.8. The zero-order valence-electron chi connectivity index (χ0n) is 11.7. The van der Waals surface area contributed by atoms with Gasteiger partial charge in [0.05, 0.1) is 13.7 Å². The van der Waals surface area contributed by atoms with Gasteiger partial charge in [-0.2, -0.15) is 0 Å². The van der Waals surface area contributed by atoms with E-state index in [9.17, 15) is 4.39 Å². The molecule has 0 atom stereocenters. The topological polar surface area (TPSA) is 30.5 Å². The van der Waals surface area contributed by atoms with Crippen LogP contribution >= 0.6 is 0 Å². The molecule has 0 unspecified atom stereocenters. The largest absolute Gasteiger partial charge is 0.497 e. The van der Waals surface area contributed by atoms with Crippen molar-refractivity contribution in [2.75, 3.05) is 19.5 Å². The first-order valence-corrected chi connectivity index (χ1v) is 6.37. The predicted molar refractivity (Wildman–Crippen MR) is 77.4 cm³/mol. The molecule has 0 heterocycles. The van der Waals surface area contributed by atoms with E-state index in [0.717, 1.165) is 11.3 Å². The lowest BCUT2D eigenvalue weighted by Crippen LogP contribution is -2.04. The van der Waals surface area contributed by atoms with Crippen LogP contribution < -0.4 is 10.1 Å². The quantitative estimate of drug-likeness (QED) is 0.874. The number of para-hydroxylation sites is 1. The van der Waals surface area contributed by atoms with E-state index in [-0.39, 0.29) is 5.82 Å². The Labute approximate surface area is 118 Å². The molecule has 0 aliphatic rings. The summed E-state index contributed by atoms with van der Waals surface area (Å²) < 4.78 is 24.0. The van der Waals surface area contributed by atoms with Crippen LogP contribution in [-0.2, 0) is 17.9 Å². The molecule has 1 N–H and O–H groups in total. The molecule has 4 heteroatoms. The van der Waals surface area contributed by atoms with Crippen LogP contribution in [0.3, 0.4) is 0 Å². The molecular formula is C16H18FNO2. The zero-order valence-corrected chi connectivity index (χ0v) is 11.7. The molecule has 20 heavy (non-hydrogen) atoms. The van der Waals surface area contributed by atoms with Crippen molar-refractivity contribution >= 4 is 5.69 Å². The number of ether oxygens (including phenoxy) is 2. The van der Waals surface area contributed by atoms with E-state index >= 15 is 0 Å². The number of anilines is 1. The van der Waals surface area contributed by atoms with Crippen LogP contribution in [0.5, 0.6) is 5.75 Å². The minimum absolute atomic E-state index is 0.277. The van der Waals surface area contributed by atoms with Crippen molar-refractivity contribution in [3.05, 3.63) is 59.4 Å². The van der Waals surface area contributed by atoms with Crippen molar-refractivity contribution in [1.29, 1.82) is 0 Å². The lowest BCUT2D eigenvalue weighted by atomic mass is 10.1. The average Bonchev–Trinajstić information content (AvgIpc) is 2.47. The summed E-state index contributed by atoms with van der Waals surface area (Å²) in [5.74, 6) is 0.243. The monoisotopic (exact) mass is 275 g/mol. The summed E-state index contributed by atoms with van der Waals surface area (Å²) in [7, 11) is 3.17. The van der Waals surface area contributed by atoms with Gasteiger partial charge in [0.1, 0.15) is 11.6 Å². The molecular weight excluding hydrogens is 257 g/mol. The van der Waals surface area contributed by atoms with Gasteiger partial charge in [-0.15, -0.1) is 0 Å². The Hall–Kier alpha value is -2.07. The van der Waals surface area contributed by atoms with Gasteiger partial charge in [-0.3, -0.25) is 0 Å². The number of halogens is 1. The fourth-order valence-corrected chi connectivity index (χ4v) is 1.96. The highest BCUT2D eigenvalue weighted by molar-refractivity contribution is 5.51. The van der Waals surface area contributed by atoms with Crippen molar-refractivity contribution in [3.8, 4) is 5.75 Å². The van der Waals surface area contributed by atoms with E-state index in [2.05, 4.69) is 5.32 Å². The van der Waals surface area contributed by atoms with Crippen molar-refractivity contribution in [1.82, 2.24) is 0 Å². The Kier molecular flexibility index (Phi) is 4.96. The van der Waals surface area contributed by atoms with Crippen LogP contribution in [0, 0.1) is 5.82 Å². The Morgan fingerprint density at radius 3 is 2.55 bits per heavy atom. The summed E-state index contributed by atoms with van der Waals surface area (Å²) in [5.41, 5.74) is 2.59. The second-order valence-corrected chi connectivity index (χ2v) is 4.40. The number of nitrogens with one attached hydrogen (secondary N) is 1. The smallest absolute Gasteiger partial charge is 0.131 e. The first-order chi connectivity index (χ1) is 9.74. The maximum Gasteiger partial charge on any atom is 0.131 e. The Morgan fingerprint density at radius 2 is 1.85 bits per heavy atom. The minimum Gasteiger partial charge on any atom is -0.497 e. The zero-order chi connectivity index (χ0) is 14.4. The van der Waals surface area contributed by atoms with Gasteiger partial charge in [0.25, 0.3) is 0 Å². The molecule has 0 bridgehead atoms. The van der Waals surface area contributed by atoms with Crippen molar-refractivity contribution in [2.45, 2.75) is 13.2 Å². The molecule has 0 amide bonds. The molecule has 0 saturated carbocycles. The van der Waals surface area contributed by atoms with E-state index < -0.39 is 0 Å². The van der Waals surface area contributed by atoms with E-state index in [1.54, 1.807) is 19.2 Å². The van der Waals surface area contributed by atoms with Gasteiger partial charge in [0.2, 0.25) is 0 Å². The van der Waals surface area contributed by atoms with Gasteiger partial charge < -0.3 is 14.8 Å². The lowest BCUT2D eigenvalue weighted by Gasteiger charge is -2.12. The molecule has 0 aromatic heterocycles. The molecule has 0 aliphatic carbocycles. The van der Waals surface area contributed by atoms with Crippen molar-refractivity contribution in [2.24, 2.45) is 0 Å². The van der Waals surface area contributed by atoms with Crippen LogP contribution in [0.15, 0.2) is 42.5 Å². The highest BCUT2D eigenvalue weighted by Crippen LogP contribution is 2.20. The number of methoxy groups -OCH3 is 2. The molecule has 0 radical (unpaired) electrons.